The van der Waals surface area contributed by atoms with Gasteiger partial charge in [-0.05, 0) is 13.8 Å². The Balaban J connectivity index is 3.52. The van der Waals surface area contributed by atoms with Crippen LogP contribution in [0.5, 0.6) is 0 Å². The number of rotatable bonds is 3. The van der Waals surface area contributed by atoms with E-state index in [0.29, 0.717) is 6.08 Å². The van der Waals surface area contributed by atoms with Crippen LogP contribution in [0, 0.1) is 10.1 Å². The minimum absolute atomic E-state index is 0.464. The Morgan fingerprint density at radius 2 is 1.59 bits per heavy atom. The fourth-order valence-electron chi connectivity index (χ4n) is 1.45. The molecule has 1 aliphatic rings. The lowest BCUT2D eigenvalue weighted by atomic mass is 9.88. The highest BCUT2D eigenvalue weighted by atomic mass is 16.6. The number of carbonyl (C=O) groups excluding carboxylic acids is 4. The average Bonchev–Trinajstić information content (AvgIpc) is 2.18. The van der Waals surface area contributed by atoms with Crippen molar-refractivity contribution in [3.05, 3.63) is 33.0 Å². The van der Waals surface area contributed by atoms with Crippen molar-refractivity contribution in [1.82, 2.24) is 0 Å². The zero-order chi connectivity index (χ0) is 13.3. The highest BCUT2D eigenvalue weighted by Crippen LogP contribution is 2.21. The molecule has 0 aliphatic heterocycles. The summed E-state index contributed by atoms with van der Waals surface area (Å²) < 4.78 is 0. The molecular weight excluding hydrogens is 230 g/mol. The first kappa shape index (κ1) is 12.6. The minimum Gasteiger partial charge on any atom is -0.294 e. The number of hydrogen-bond donors (Lipinski definition) is 0. The van der Waals surface area contributed by atoms with Crippen LogP contribution in [0.4, 0.5) is 0 Å². The van der Waals surface area contributed by atoms with Crippen LogP contribution in [0.15, 0.2) is 22.9 Å². The first-order valence-corrected chi connectivity index (χ1v) is 4.48. The summed E-state index contributed by atoms with van der Waals surface area (Å²) in [4.78, 5) is 54.8. The van der Waals surface area contributed by atoms with Gasteiger partial charge in [0.25, 0.3) is 5.78 Å². The van der Waals surface area contributed by atoms with Gasteiger partial charge in [0, 0.05) is 0 Å². The molecule has 0 atom stereocenters. The summed E-state index contributed by atoms with van der Waals surface area (Å²) in [6.07, 6.45) is 0.464. The highest BCUT2D eigenvalue weighted by molar-refractivity contribution is 6.40. The zero-order valence-corrected chi connectivity index (χ0v) is 8.97. The number of nitrogens with zero attached hydrogens (tertiary/aromatic N) is 1. The number of allylic oxidation sites excluding steroid dienone is 3. The molecule has 0 N–H and O–H groups in total. The second-order valence-corrected chi connectivity index (χ2v) is 3.34. The molecule has 7 nitrogen and oxygen atoms in total. The molecule has 1 rings (SSSR count). The van der Waals surface area contributed by atoms with E-state index in [9.17, 15) is 29.3 Å². The summed E-state index contributed by atoms with van der Waals surface area (Å²) in [5.74, 6) is -3.81. The van der Waals surface area contributed by atoms with Crippen molar-refractivity contribution in [3.63, 3.8) is 0 Å². The van der Waals surface area contributed by atoms with Gasteiger partial charge in [-0.1, -0.05) is 0 Å². The zero-order valence-electron chi connectivity index (χ0n) is 8.97. The van der Waals surface area contributed by atoms with E-state index < -0.39 is 44.9 Å². The topological polar surface area (TPSA) is 111 Å². The first-order valence-electron chi connectivity index (χ1n) is 4.48. The SMILES string of the molecule is CC(=O)C1=C(C(C)=O)C(=O)C([N+](=O)[O-])=CC1=O. The standard InChI is InChI=1S/C10H7NO6/c1-4(12)8-7(14)3-6(11(16)17)10(15)9(8)5(2)13/h3H,1-2H3. The third kappa shape index (κ3) is 2.07. The van der Waals surface area contributed by atoms with Crippen LogP contribution in [-0.2, 0) is 19.2 Å². The lowest BCUT2D eigenvalue weighted by Crippen LogP contribution is -2.29. The molecular formula is C10H7NO6. The third-order valence-electron chi connectivity index (χ3n) is 2.12. The molecule has 7 heteroatoms. The van der Waals surface area contributed by atoms with Crippen molar-refractivity contribution in [2.24, 2.45) is 0 Å². The van der Waals surface area contributed by atoms with E-state index in [1.807, 2.05) is 0 Å². The Morgan fingerprint density at radius 1 is 1.12 bits per heavy atom. The van der Waals surface area contributed by atoms with Gasteiger partial charge in [0.1, 0.15) is 0 Å². The highest BCUT2D eigenvalue weighted by Gasteiger charge is 2.39. The van der Waals surface area contributed by atoms with Crippen LogP contribution in [0.25, 0.3) is 0 Å². The van der Waals surface area contributed by atoms with E-state index in [4.69, 9.17) is 0 Å². The molecule has 88 valence electrons. The van der Waals surface area contributed by atoms with Gasteiger partial charge >= 0.3 is 5.70 Å². The van der Waals surface area contributed by atoms with Crippen LogP contribution < -0.4 is 0 Å². The van der Waals surface area contributed by atoms with Crippen LogP contribution in [-0.4, -0.2) is 28.1 Å². The fourth-order valence-corrected chi connectivity index (χ4v) is 1.45. The maximum absolute atomic E-state index is 11.6. The largest absolute Gasteiger partial charge is 0.321 e. The summed E-state index contributed by atoms with van der Waals surface area (Å²) in [5, 5.41) is 10.5. The lowest BCUT2D eigenvalue weighted by molar-refractivity contribution is -0.418. The van der Waals surface area contributed by atoms with E-state index in [-0.39, 0.29) is 0 Å². The molecule has 0 heterocycles. The van der Waals surface area contributed by atoms with Gasteiger partial charge in [-0.3, -0.25) is 29.3 Å². The van der Waals surface area contributed by atoms with E-state index >= 15 is 0 Å². The Kier molecular flexibility index (Phi) is 3.12. The van der Waals surface area contributed by atoms with Crippen LogP contribution in [0.3, 0.4) is 0 Å². The molecule has 1 aliphatic carbocycles. The maximum atomic E-state index is 11.6. The second kappa shape index (κ2) is 4.20. The van der Waals surface area contributed by atoms with Crippen molar-refractivity contribution in [2.45, 2.75) is 13.8 Å². The summed E-state index contributed by atoms with van der Waals surface area (Å²) >= 11 is 0. The van der Waals surface area contributed by atoms with Gasteiger partial charge in [0.05, 0.1) is 22.1 Å². The molecule has 0 spiro atoms. The molecule has 0 amide bonds. The molecule has 0 unspecified atom stereocenters. The Labute approximate surface area is 94.9 Å². The van der Waals surface area contributed by atoms with Gasteiger partial charge in [0.2, 0.25) is 0 Å². The number of Topliss-reactive ketones (excluding diaryl/α,β-unsaturated/α-hetero) is 3. The smallest absolute Gasteiger partial charge is 0.294 e. The number of carbonyl (C=O) groups is 4. The molecule has 0 saturated heterocycles. The molecule has 0 bridgehead atoms. The summed E-state index contributed by atoms with van der Waals surface area (Å²) in [5.41, 5.74) is -2.30. The quantitative estimate of drug-likeness (QED) is 0.290. The molecule has 0 fully saturated rings. The third-order valence-corrected chi connectivity index (χ3v) is 2.12. The number of ketones is 4. The van der Waals surface area contributed by atoms with Gasteiger partial charge in [0.15, 0.2) is 17.3 Å². The molecule has 0 saturated carbocycles. The first-order chi connectivity index (χ1) is 7.77. The van der Waals surface area contributed by atoms with Crippen LogP contribution >= 0.6 is 0 Å². The minimum atomic E-state index is -1.20. The summed E-state index contributed by atoms with van der Waals surface area (Å²) in [7, 11) is 0. The Bertz CT molecular complexity index is 537. The summed E-state index contributed by atoms with van der Waals surface area (Å²) in [6.45, 7) is 1.97. The average molecular weight is 237 g/mol. The van der Waals surface area contributed by atoms with Gasteiger partial charge in [-0.2, -0.15) is 0 Å². The maximum Gasteiger partial charge on any atom is 0.321 e. The molecule has 17 heavy (non-hydrogen) atoms. The van der Waals surface area contributed by atoms with Crippen molar-refractivity contribution in [1.29, 1.82) is 0 Å². The molecule has 0 aromatic rings. The van der Waals surface area contributed by atoms with Crippen molar-refractivity contribution in [3.8, 4) is 0 Å². The van der Waals surface area contributed by atoms with E-state index in [1.54, 1.807) is 0 Å². The number of hydrogen-bond acceptors (Lipinski definition) is 6. The van der Waals surface area contributed by atoms with Crippen molar-refractivity contribution < 1.29 is 24.1 Å². The predicted octanol–water partition coefficient (Wildman–Crippen LogP) is -0.227. The normalized spacial score (nSPS) is 15.8. The van der Waals surface area contributed by atoms with Crippen molar-refractivity contribution >= 4 is 23.1 Å². The molecule has 0 aromatic heterocycles. The van der Waals surface area contributed by atoms with E-state index in [1.165, 1.54) is 0 Å². The van der Waals surface area contributed by atoms with E-state index in [0.717, 1.165) is 13.8 Å². The predicted molar refractivity (Wildman–Crippen MR) is 53.5 cm³/mol. The monoisotopic (exact) mass is 237 g/mol. The van der Waals surface area contributed by atoms with Crippen LogP contribution in [0.1, 0.15) is 13.8 Å². The van der Waals surface area contributed by atoms with Crippen molar-refractivity contribution in [2.75, 3.05) is 0 Å². The molecule has 0 radical (unpaired) electrons. The van der Waals surface area contributed by atoms with Gasteiger partial charge < -0.3 is 0 Å². The lowest BCUT2D eigenvalue weighted by Gasteiger charge is -2.10. The van der Waals surface area contributed by atoms with Gasteiger partial charge in [-0.15, -0.1) is 0 Å². The molecule has 0 aromatic carbocycles. The number of nitro groups is 1. The Hall–Kier alpha value is -2.44. The van der Waals surface area contributed by atoms with E-state index in [2.05, 4.69) is 0 Å². The summed E-state index contributed by atoms with van der Waals surface area (Å²) in [6, 6.07) is 0. The van der Waals surface area contributed by atoms with Crippen LogP contribution in [0.2, 0.25) is 0 Å². The Morgan fingerprint density at radius 3 is 1.94 bits per heavy atom. The second-order valence-electron chi connectivity index (χ2n) is 3.34. The fraction of sp³-hybridized carbons (Fsp3) is 0.200. The van der Waals surface area contributed by atoms with Gasteiger partial charge in [-0.25, -0.2) is 0 Å².